The van der Waals surface area contributed by atoms with Crippen molar-refractivity contribution >= 4 is 11.7 Å². The van der Waals surface area contributed by atoms with Crippen LogP contribution in [0.4, 0.5) is 0 Å². The highest BCUT2D eigenvalue weighted by Gasteiger charge is 2.21. The predicted octanol–water partition coefficient (Wildman–Crippen LogP) is -0.379. The molecule has 94 valence electrons. The van der Waals surface area contributed by atoms with Crippen LogP contribution < -0.4 is 10.6 Å². The van der Waals surface area contributed by atoms with Crippen LogP contribution in [0.1, 0.15) is 19.8 Å². The van der Waals surface area contributed by atoms with Gasteiger partial charge in [0.2, 0.25) is 5.91 Å². The van der Waals surface area contributed by atoms with Gasteiger partial charge in [-0.05, 0) is 41.0 Å². The second-order valence-electron chi connectivity index (χ2n) is 4.13. The highest BCUT2D eigenvalue weighted by Crippen LogP contribution is 2.00. The smallest absolute Gasteiger partial charge is 0.237 e. The van der Waals surface area contributed by atoms with Gasteiger partial charge in [-0.2, -0.15) is 0 Å². The standard InChI is InChI=1S/C11H23N3O2/c1-9(15)8-10(14(3)4)11(16)13-7-5-6-12-2/h10,12H,5-8H2,1-4H3,(H,13,16). The minimum Gasteiger partial charge on any atom is -0.355 e. The van der Waals surface area contributed by atoms with Gasteiger partial charge in [-0.3, -0.25) is 14.5 Å². The zero-order chi connectivity index (χ0) is 12.6. The van der Waals surface area contributed by atoms with Crippen molar-refractivity contribution in [3.05, 3.63) is 0 Å². The Morgan fingerprint density at radius 1 is 1.25 bits per heavy atom. The van der Waals surface area contributed by atoms with Crippen molar-refractivity contribution in [2.75, 3.05) is 34.2 Å². The molecule has 0 aromatic heterocycles. The number of carbonyl (C=O) groups excluding carboxylic acids is 2. The quantitative estimate of drug-likeness (QED) is 0.557. The van der Waals surface area contributed by atoms with E-state index in [4.69, 9.17) is 0 Å². The minimum atomic E-state index is -0.355. The first-order chi connectivity index (χ1) is 7.49. The number of nitrogens with zero attached hydrogens (tertiary/aromatic N) is 1. The lowest BCUT2D eigenvalue weighted by molar-refractivity contribution is -0.129. The van der Waals surface area contributed by atoms with Crippen LogP contribution in [0, 0.1) is 0 Å². The van der Waals surface area contributed by atoms with Crippen LogP contribution in [0.3, 0.4) is 0 Å². The Hall–Kier alpha value is -0.940. The molecule has 0 bridgehead atoms. The molecule has 0 radical (unpaired) electrons. The summed E-state index contributed by atoms with van der Waals surface area (Å²) in [6.07, 6.45) is 1.16. The van der Waals surface area contributed by atoms with E-state index in [1.807, 2.05) is 7.05 Å². The maximum Gasteiger partial charge on any atom is 0.237 e. The van der Waals surface area contributed by atoms with Gasteiger partial charge in [0.1, 0.15) is 5.78 Å². The summed E-state index contributed by atoms with van der Waals surface area (Å²) in [6, 6.07) is -0.355. The lowest BCUT2D eigenvalue weighted by Crippen LogP contribution is -2.45. The molecule has 0 aromatic carbocycles. The molecule has 0 spiro atoms. The molecule has 5 heteroatoms. The van der Waals surface area contributed by atoms with Crippen LogP contribution in [-0.2, 0) is 9.59 Å². The summed E-state index contributed by atoms with van der Waals surface area (Å²) in [4.78, 5) is 24.6. The lowest BCUT2D eigenvalue weighted by atomic mass is 10.1. The van der Waals surface area contributed by atoms with Gasteiger partial charge < -0.3 is 10.6 Å². The van der Waals surface area contributed by atoms with Gasteiger partial charge in [0.05, 0.1) is 6.04 Å². The molecule has 0 aliphatic heterocycles. The molecule has 1 unspecified atom stereocenters. The fourth-order valence-corrected chi connectivity index (χ4v) is 1.38. The van der Waals surface area contributed by atoms with E-state index in [2.05, 4.69) is 10.6 Å². The molecule has 16 heavy (non-hydrogen) atoms. The SMILES string of the molecule is CNCCCNC(=O)C(CC(C)=O)N(C)C. The first-order valence-electron chi connectivity index (χ1n) is 5.57. The number of hydrogen-bond acceptors (Lipinski definition) is 4. The number of carbonyl (C=O) groups is 2. The molecule has 0 aliphatic carbocycles. The summed E-state index contributed by atoms with van der Waals surface area (Å²) in [5, 5.41) is 5.84. The fraction of sp³-hybridized carbons (Fsp3) is 0.818. The third kappa shape index (κ3) is 6.53. The Labute approximate surface area is 97.6 Å². The van der Waals surface area contributed by atoms with Gasteiger partial charge in [0.25, 0.3) is 0 Å². The molecule has 0 saturated heterocycles. The van der Waals surface area contributed by atoms with Crippen LogP contribution in [0.25, 0.3) is 0 Å². The molecule has 0 saturated carbocycles. The summed E-state index contributed by atoms with van der Waals surface area (Å²) in [6.45, 7) is 3.02. The first-order valence-corrected chi connectivity index (χ1v) is 5.57. The van der Waals surface area contributed by atoms with E-state index in [-0.39, 0.29) is 24.2 Å². The third-order valence-electron chi connectivity index (χ3n) is 2.31. The Morgan fingerprint density at radius 2 is 1.88 bits per heavy atom. The molecule has 0 fully saturated rings. The van der Waals surface area contributed by atoms with E-state index in [1.54, 1.807) is 19.0 Å². The summed E-state index contributed by atoms with van der Waals surface area (Å²) in [7, 11) is 5.49. The Bertz CT molecular complexity index is 229. The molecule has 1 amide bonds. The zero-order valence-corrected chi connectivity index (χ0v) is 10.7. The van der Waals surface area contributed by atoms with Gasteiger partial charge >= 0.3 is 0 Å². The fourth-order valence-electron chi connectivity index (χ4n) is 1.38. The van der Waals surface area contributed by atoms with Gasteiger partial charge in [-0.1, -0.05) is 0 Å². The van der Waals surface area contributed by atoms with E-state index < -0.39 is 0 Å². The molecule has 0 aromatic rings. The second kappa shape index (κ2) is 8.24. The van der Waals surface area contributed by atoms with Crippen molar-refractivity contribution in [3.63, 3.8) is 0 Å². The Kier molecular flexibility index (Phi) is 7.76. The lowest BCUT2D eigenvalue weighted by Gasteiger charge is -2.22. The zero-order valence-electron chi connectivity index (χ0n) is 10.7. The largest absolute Gasteiger partial charge is 0.355 e. The highest BCUT2D eigenvalue weighted by molar-refractivity contribution is 5.88. The van der Waals surface area contributed by atoms with E-state index in [9.17, 15) is 9.59 Å². The molecule has 0 heterocycles. The molecule has 0 rings (SSSR count). The predicted molar refractivity (Wildman–Crippen MR) is 64.3 cm³/mol. The van der Waals surface area contributed by atoms with Gasteiger partial charge in [0, 0.05) is 13.0 Å². The van der Waals surface area contributed by atoms with Crippen molar-refractivity contribution in [3.8, 4) is 0 Å². The monoisotopic (exact) mass is 229 g/mol. The van der Waals surface area contributed by atoms with Crippen LogP contribution in [0.5, 0.6) is 0 Å². The number of amides is 1. The molecule has 1 atom stereocenters. The highest BCUT2D eigenvalue weighted by atomic mass is 16.2. The summed E-state index contributed by atoms with van der Waals surface area (Å²) >= 11 is 0. The van der Waals surface area contributed by atoms with Crippen LogP contribution in [-0.4, -0.2) is 56.9 Å². The van der Waals surface area contributed by atoms with Crippen LogP contribution >= 0.6 is 0 Å². The van der Waals surface area contributed by atoms with Gasteiger partial charge in [0.15, 0.2) is 0 Å². The van der Waals surface area contributed by atoms with Crippen molar-refractivity contribution in [2.24, 2.45) is 0 Å². The molecular formula is C11H23N3O2. The number of Topliss-reactive ketones (excluding diaryl/α,β-unsaturated/α-hetero) is 1. The third-order valence-corrected chi connectivity index (χ3v) is 2.31. The van der Waals surface area contributed by atoms with E-state index in [0.29, 0.717) is 6.54 Å². The molecule has 0 aliphatic rings. The second-order valence-corrected chi connectivity index (χ2v) is 4.13. The van der Waals surface area contributed by atoms with E-state index >= 15 is 0 Å². The van der Waals surface area contributed by atoms with Crippen LogP contribution in [0.2, 0.25) is 0 Å². The average Bonchev–Trinajstić information content (AvgIpc) is 2.20. The molecular weight excluding hydrogens is 206 g/mol. The normalized spacial score (nSPS) is 12.6. The van der Waals surface area contributed by atoms with Crippen LogP contribution in [0.15, 0.2) is 0 Å². The number of likely N-dealkylation sites (N-methyl/N-ethyl adjacent to an activating group) is 1. The maximum absolute atomic E-state index is 11.8. The van der Waals surface area contributed by atoms with Crippen molar-refractivity contribution in [2.45, 2.75) is 25.8 Å². The number of ketones is 1. The van der Waals surface area contributed by atoms with E-state index in [1.165, 1.54) is 6.92 Å². The maximum atomic E-state index is 11.8. The first kappa shape index (κ1) is 15.1. The van der Waals surface area contributed by atoms with Crippen molar-refractivity contribution in [1.82, 2.24) is 15.5 Å². The van der Waals surface area contributed by atoms with Crippen molar-refractivity contribution in [1.29, 1.82) is 0 Å². The van der Waals surface area contributed by atoms with E-state index in [0.717, 1.165) is 13.0 Å². The summed E-state index contributed by atoms with van der Waals surface area (Å²) in [5.74, 6) is -0.0413. The number of hydrogen-bond donors (Lipinski definition) is 2. The molecule has 5 nitrogen and oxygen atoms in total. The summed E-state index contributed by atoms with van der Waals surface area (Å²) < 4.78 is 0. The minimum absolute atomic E-state index is 0.0316. The van der Waals surface area contributed by atoms with Crippen molar-refractivity contribution < 1.29 is 9.59 Å². The average molecular weight is 229 g/mol. The Balaban J connectivity index is 4.02. The summed E-state index contributed by atoms with van der Waals surface area (Å²) in [5.41, 5.74) is 0. The number of rotatable bonds is 8. The Morgan fingerprint density at radius 3 is 2.31 bits per heavy atom. The topological polar surface area (TPSA) is 61.4 Å². The molecule has 2 N–H and O–H groups in total. The van der Waals surface area contributed by atoms with Gasteiger partial charge in [-0.15, -0.1) is 0 Å². The number of nitrogens with one attached hydrogen (secondary N) is 2. The van der Waals surface area contributed by atoms with Gasteiger partial charge in [-0.25, -0.2) is 0 Å².